The van der Waals surface area contributed by atoms with Crippen molar-refractivity contribution < 1.29 is 18.3 Å². The van der Waals surface area contributed by atoms with Crippen LogP contribution in [0.15, 0.2) is 0 Å². The van der Waals surface area contributed by atoms with E-state index in [0.717, 1.165) is 0 Å². The Hall–Kier alpha value is 0.0600. The SMILES string of the molecule is CCOC(=O)[C@@](C)(CCBr)CS(=O)[O-]. The second-order valence-corrected chi connectivity index (χ2v) is 4.86. The second-order valence-electron chi connectivity index (χ2n) is 3.17. The molecule has 0 aromatic carbocycles. The summed E-state index contributed by atoms with van der Waals surface area (Å²) in [5, 5.41) is 0.569. The van der Waals surface area contributed by atoms with E-state index in [1.165, 1.54) is 0 Å². The number of hydrogen-bond donors (Lipinski definition) is 0. The van der Waals surface area contributed by atoms with E-state index in [4.69, 9.17) is 4.74 Å². The summed E-state index contributed by atoms with van der Waals surface area (Å²) in [5.74, 6) is -0.652. The lowest BCUT2D eigenvalue weighted by atomic mass is 9.90. The Bertz CT molecular complexity index is 221. The largest absolute Gasteiger partial charge is 0.772 e. The highest BCUT2D eigenvalue weighted by Gasteiger charge is 2.34. The molecule has 0 amide bonds. The van der Waals surface area contributed by atoms with Gasteiger partial charge in [0, 0.05) is 11.1 Å². The van der Waals surface area contributed by atoms with Gasteiger partial charge < -0.3 is 9.29 Å². The first-order valence-electron chi connectivity index (χ1n) is 4.25. The minimum absolute atomic E-state index is 0.197. The van der Waals surface area contributed by atoms with Gasteiger partial charge in [0.2, 0.25) is 0 Å². The van der Waals surface area contributed by atoms with E-state index in [1.807, 2.05) is 0 Å². The molecule has 84 valence electrons. The normalized spacial score (nSPS) is 17.1. The van der Waals surface area contributed by atoms with Gasteiger partial charge in [0.1, 0.15) is 0 Å². The van der Waals surface area contributed by atoms with E-state index >= 15 is 0 Å². The van der Waals surface area contributed by atoms with Gasteiger partial charge in [0.05, 0.1) is 12.0 Å². The van der Waals surface area contributed by atoms with E-state index in [1.54, 1.807) is 13.8 Å². The number of alkyl halides is 1. The van der Waals surface area contributed by atoms with Gasteiger partial charge in [-0.3, -0.25) is 9.00 Å². The van der Waals surface area contributed by atoms with Gasteiger partial charge in [-0.1, -0.05) is 27.0 Å². The highest BCUT2D eigenvalue weighted by molar-refractivity contribution is 9.09. The average Bonchev–Trinajstić information content (AvgIpc) is 2.03. The van der Waals surface area contributed by atoms with Gasteiger partial charge in [-0.25, -0.2) is 0 Å². The Morgan fingerprint density at radius 1 is 1.64 bits per heavy atom. The van der Waals surface area contributed by atoms with Gasteiger partial charge in [-0.2, -0.15) is 0 Å². The second kappa shape index (κ2) is 6.53. The maximum Gasteiger partial charge on any atom is 0.312 e. The summed E-state index contributed by atoms with van der Waals surface area (Å²) in [7, 11) is 0. The van der Waals surface area contributed by atoms with E-state index in [9.17, 15) is 13.6 Å². The van der Waals surface area contributed by atoms with Gasteiger partial charge in [0.15, 0.2) is 0 Å². The molecule has 6 heteroatoms. The Kier molecular flexibility index (Phi) is 6.55. The summed E-state index contributed by atoms with van der Waals surface area (Å²) in [4.78, 5) is 11.5. The highest BCUT2D eigenvalue weighted by Crippen LogP contribution is 2.25. The molecule has 2 atom stereocenters. The fourth-order valence-electron chi connectivity index (χ4n) is 1.01. The van der Waals surface area contributed by atoms with Crippen LogP contribution in [0.1, 0.15) is 20.3 Å². The van der Waals surface area contributed by atoms with Crippen molar-refractivity contribution in [2.75, 3.05) is 17.7 Å². The first-order chi connectivity index (χ1) is 6.46. The van der Waals surface area contributed by atoms with Crippen LogP contribution in [0.25, 0.3) is 0 Å². The number of ether oxygens (including phenoxy) is 1. The smallest absolute Gasteiger partial charge is 0.312 e. The summed E-state index contributed by atoms with van der Waals surface area (Å²) in [6.07, 6.45) is 0.444. The fraction of sp³-hybridized carbons (Fsp3) is 0.875. The van der Waals surface area contributed by atoms with Crippen molar-refractivity contribution in [3.05, 3.63) is 0 Å². The first kappa shape index (κ1) is 14.1. The zero-order chi connectivity index (χ0) is 11.2. The molecule has 4 nitrogen and oxygen atoms in total. The molecule has 14 heavy (non-hydrogen) atoms. The van der Waals surface area contributed by atoms with Crippen molar-refractivity contribution in [1.82, 2.24) is 0 Å². The van der Waals surface area contributed by atoms with Crippen molar-refractivity contribution in [3.63, 3.8) is 0 Å². The molecule has 0 aliphatic heterocycles. The number of hydrogen-bond acceptors (Lipinski definition) is 4. The molecule has 1 unspecified atom stereocenters. The Labute approximate surface area is 94.8 Å². The monoisotopic (exact) mass is 285 g/mol. The van der Waals surface area contributed by atoms with Crippen LogP contribution in [0.5, 0.6) is 0 Å². The average molecular weight is 286 g/mol. The van der Waals surface area contributed by atoms with Gasteiger partial charge in [0.25, 0.3) is 0 Å². The maximum absolute atomic E-state index is 11.5. The number of halogens is 1. The quantitative estimate of drug-likeness (QED) is 0.418. The summed E-state index contributed by atoms with van der Waals surface area (Å²) >= 11 is 0.953. The zero-order valence-electron chi connectivity index (χ0n) is 8.25. The number of rotatable bonds is 6. The molecule has 0 heterocycles. The van der Waals surface area contributed by atoms with Gasteiger partial charge in [-0.05, 0) is 20.3 Å². The highest BCUT2D eigenvalue weighted by atomic mass is 79.9. The van der Waals surface area contributed by atoms with Crippen LogP contribution in [-0.2, 0) is 20.6 Å². The Morgan fingerprint density at radius 2 is 2.21 bits per heavy atom. The van der Waals surface area contributed by atoms with Crippen LogP contribution >= 0.6 is 15.9 Å². The van der Waals surface area contributed by atoms with E-state index in [0.29, 0.717) is 11.8 Å². The molecule has 0 bridgehead atoms. The van der Waals surface area contributed by atoms with Gasteiger partial charge >= 0.3 is 5.97 Å². The lowest BCUT2D eigenvalue weighted by Gasteiger charge is -2.27. The van der Waals surface area contributed by atoms with Crippen LogP contribution in [0.2, 0.25) is 0 Å². The molecule has 0 spiro atoms. The molecule has 0 aromatic heterocycles. The van der Waals surface area contributed by atoms with E-state index < -0.39 is 22.5 Å². The van der Waals surface area contributed by atoms with Crippen molar-refractivity contribution in [1.29, 1.82) is 0 Å². The third kappa shape index (κ3) is 4.52. The summed E-state index contributed by atoms with van der Waals surface area (Å²) < 4.78 is 26.0. The van der Waals surface area contributed by atoms with Crippen molar-refractivity contribution in [2.24, 2.45) is 5.41 Å². The maximum atomic E-state index is 11.5. The minimum atomic E-state index is -2.23. The minimum Gasteiger partial charge on any atom is -0.772 e. The fourth-order valence-corrected chi connectivity index (χ4v) is 2.66. The molecule has 0 radical (unpaired) electrons. The predicted molar refractivity (Wildman–Crippen MR) is 56.9 cm³/mol. The molecule has 0 aliphatic carbocycles. The molecular weight excluding hydrogens is 272 g/mol. The summed E-state index contributed by atoms with van der Waals surface area (Å²) in [6.45, 7) is 3.56. The van der Waals surface area contributed by atoms with Crippen LogP contribution in [0.3, 0.4) is 0 Å². The zero-order valence-corrected chi connectivity index (χ0v) is 10.7. The van der Waals surface area contributed by atoms with Crippen molar-refractivity contribution in [2.45, 2.75) is 20.3 Å². The molecule has 0 saturated carbocycles. The molecule has 0 aliphatic rings. The number of esters is 1. The molecule has 0 N–H and O–H groups in total. The number of carbonyl (C=O) groups is 1. The molecule has 0 rings (SSSR count). The van der Waals surface area contributed by atoms with Crippen LogP contribution in [0, 0.1) is 5.41 Å². The van der Waals surface area contributed by atoms with Crippen molar-refractivity contribution >= 4 is 33.0 Å². The third-order valence-corrected chi connectivity index (χ3v) is 3.12. The van der Waals surface area contributed by atoms with Gasteiger partial charge in [-0.15, -0.1) is 0 Å². The topological polar surface area (TPSA) is 66.4 Å². The van der Waals surface area contributed by atoms with Crippen molar-refractivity contribution in [3.8, 4) is 0 Å². The summed E-state index contributed by atoms with van der Waals surface area (Å²) in [6, 6.07) is 0. The summed E-state index contributed by atoms with van der Waals surface area (Å²) in [5.41, 5.74) is -0.938. The Morgan fingerprint density at radius 3 is 2.57 bits per heavy atom. The molecule has 0 saturated heterocycles. The third-order valence-electron chi connectivity index (χ3n) is 1.85. The molecule has 0 aromatic rings. The van der Waals surface area contributed by atoms with Crippen LogP contribution < -0.4 is 0 Å². The first-order valence-corrected chi connectivity index (χ1v) is 6.62. The Balaban J connectivity index is 4.51. The number of carbonyl (C=O) groups excluding carboxylic acids is 1. The standard InChI is InChI=1S/C8H15BrO4S/c1-3-13-7(10)8(2,4-5-9)6-14(11)12/h3-6H2,1-2H3,(H,11,12)/p-1/t8-/m0/s1. The van der Waals surface area contributed by atoms with E-state index in [2.05, 4.69) is 15.9 Å². The molecule has 0 fully saturated rings. The lowest BCUT2D eigenvalue weighted by molar-refractivity contribution is -0.153. The molecular formula is C8H14BrO4S-. The van der Waals surface area contributed by atoms with Crippen LogP contribution in [0.4, 0.5) is 0 Å². The predicted octanol–water partition coefficient (Wildman–Crippen LogP) is 1.22. The van der Waals surface area contributed by atoms with Crippen LogP contribution in [-0.4, -0.2) is 32.4 Å². The van der Waals surface area contributed by atoms with E-state index in [-0.39, 0.29) is 12.4 Å². The lowest BCUT2D eigenvalue weighted by Crippen LogP contribution is -2.35.